The third-order valence-electron chi connectivity index (χ3n) is 5.41. The lowest BCUT2D eigenvalue weighted by Crippen LogP contribution is -2.41. The number of carbonyl (C=O) groups is 1. The molecule has 0 amide bonds. The maximum atomic E-state index is 15.3. The molecule has 0 unspecified atom stereocenters. The summed E-state index contributed by atoms with van der Waals surface area (Å²) in [5.41, 5.74) is -0.172. The molecule has 0 fully saturated rings. The van der Waals surface area contributed by atoms with E-state index in [0.29, 0.717) is 22.3 Å². The van der Waals surface area contributed by atoms with E-state index in [4.69, 9.17) is 4.74 Å². The fourth-order valence-corrected chi connectivity index (χ4v) is 3.94. The molecule has 1 atom stereocenters. The van der Waals surface area contributed by atoms with Crippen LogP contribution in [0.4, 0.5) is 8.78 Å². The van der Waals surface area contributed by atoms with Gasteiger partial charge in [0, 0.05) is 16.5 Å². The van der Waals surface area contributed by atoms with Crippen molar-refractivity contribution in [3.63, 3.8) is 0 Å². The SMILES string of the molecule is CC[C@]1(F)C(=O)OCc2c1cc1n(c2=O)Cc2cc3cc(F)ccc3nc2-1. The smallest absolute Gasteiger partial charge is 0.348 e. The molecule has 1 aromatic carbocycles. The van der Waals surface area contributed by atoms with E-state index >= 15 is 4.39 Å². The van der Waals surface area contributed by atoms with Crippen molar-refractivity contribution in [1.29, 1.82) is 0 Å². The first-order valence-electron chi connectivity index (χ1n) is 8.65. The fourth-order valence-electron chi connectivity index (χ4n) is 3.94. The van der Waals surface area contributed by atoms with Crippen LogP contribution in [-0.2, 0) is 28.4 Å². The molecule has 0 bridgehead atoms. The van der Waals surface area contributed by atoms with Gasteiger partial charge in [-0.25, -0.2) is 18.6 Å². The van der Waals surface area contributed by atoms with Crippen molar-refractivity contribution in [3.05, 3.63) is 63.2 Å². The lowest BCUT2D eigenvalue weighted by molar-refractivity contribution is -0.163. The molecule has 0 N–H and O–H groups in total. The second-order valence-corrected chi connectivity index (χ2v) is 6.88. The van der Waals surface area contributed by atoms with Crippen molar-refractivity contribution in [2.24, 2.45) is 0 Å². The normalized spacial score (nSPS) is 20.2. The molecule has 27 heavy (non-hydrogen) atoms. The Morgan fingerprint density at radius 3 is 2.85 bits per heavy atom. The third-order valence-corrected chi connectivity index (χ3v) is 5.41. The quantitative estimate of drug-likeness (QED) is 0.484. The van der Waals surface area contributed by atoms with Gasteiger partial charge in [0.15, 0.2) is 0 Å². The van der Waals surface area contributed by atoms with Crippen molar-refractivity contribution in [2.45, 2.75) is 32.2 Å². The highest BCUT2D eigenvalue weighted by molar-refractivity contribution is 5.86. The lowest BCUT2D eigenvalue weighted by Gasteiger charge is -2.29. The van der Waals surface area contributed by atoms with Crippen LogP contribution in [0.1, 0.15) is 30.0 Å². The molecule has 0 saturated carbocycles. The number of fused-ring (bicyclic) bond motifs is 5. The minimum absolute atomic E-state index is 0.0614. The van der Waals surface area contributed by atoms with Crippen LogP contribution >= 0.6 is 0 Å². The Balaban J connectivity index is 1.80. The average Bonchev–Trinajstić information content (AvgIpc) is 3.01. The van der Waals surface area contributed by atoms with Crippen molar-refractivity contribution in [3.8, 4) is 11.4 Å². The molecule has 2 aliphatic rings. The number of esters is 1. The summed E-state index contributed by atoms with van der Waals surface area (Å²) in [5.74, 6) is -1.34. The molecule has 4 heterocycles. The van der Waals surface area contributed by atoms with Crippen LogP contribution in [0.15, 0.2) is 35.1 Å². The first-order chi connectivity index (χ1) is 12.9. The Bertz CT molecular complexity index is 1220. The monoisotopic (exact) mass is 368 g/mol. The average molecular weight is 368 g/mol. The number of alkyl halides is 1. The summed E-state index contributed by atoms with van der Waals surface area (Å²) < 4.78 is 35.3. The molecule has 2 aromatic heterocycles. The van der Waals surface area contributed by atoms with E-state index in [1.807, 2.05) is 0 Å². The first kappa shape index (κ1) is 16.1. The molecule has 2 aliphatic heterocycles. The zero-order valence-electron chi connectivity index (χ0n) is 14.4. The molecule has 7 heteroatoms. The van der Waals surface area contributed by atoms with Gasteiger partial charge in [-0.1, -0.05) is 6.92 Å². The summed E-state index contributed by atoms with van der Waals surface area (Å²) in [4.78, 5) is 29.5. The minimum atomic E-state index is -2.34. The Hall–Kier alpha value is -3.09. The molecule has 136 valence electrons. The molecular formula is C20H14F2N2O3. The standard InChI is InChI=1S/C20H14F2N2O3/c1-2-20(22)14-7-16-17-11(5-10-6-12(21)3-4-15(10)23-17)8-24(16)18(25)13(14)9-27-19(20)26/h3-7H,2,8-9H2,1H3/t20-/m1/s1. The van der Waals surface area contributed by atoms with Gasteiger partial charge in [0.25, 0.3) is 5.56 Å². The Labute approximate surface area is 152 Å². The number of carbonyl (C=O) groups excluding carboxylic acids is 1. The van der Waals surface area contributed by atoms with Crippen LogP contribution < -0.4 is 5.56 Å². The number of ether oxygens (including phenoxy) is 1. The summed E-state index contributed by atoms with van der Waals surface area (Å²) in [6.45, 7) is 1.56. The topological polar surface area (TPSA) is 61.2 Å². The highest BCUT2D eigenvalue weighted by Gasteiger charge is 2.47. The largest absolute Gasteiger partial charge is 0.458 e. The zero-order valence-corrected chi connectivity index (χ0v) is 14.4. The third kappa shape index (κ3) is 2.05. The van der Waals surface area contributed by atoms with E-state index in [9.17, 15) is 14.0 Å². The molecule has 0 spiro atoms. The number of hydrogen-bond acceptors (Lipinski definition) is 4. The van der Waals surface area contributed by atoms with Gasteiger partial charge in [0.2, 0.25) is 5.67 Å². The second kappa shape index (κ2) is 5.22. The van der Waals surface area contributed by atoms with Gasteiger partial charge in [-0.15, -0.1) is 0 Å². The predicted octanol–water partition coefficient (Wildman–Crippen LogP) is 3.20. The maximum absolute atomic E-state index is 15.3. The number of halogens is 2. The van der Waals surface area contributed by atoms with Crippen LogP contribution in [0.5, 0.6) is 0 Å². The summed E-state index contributed by atoms with van der Waals surface area (Å²) in [5, 5.41) is 0.631. The Morgan fingerprint density at radius 2 is 2.07 bits per heavy atom. The number of benzene rings is 1. The highest BCUT2D eigenvalue weighted by atomic mass is 19.1. The zero-order chi connectivity index (χ0) is 18.9. The van der Waals surface area contributed by atoms with Gasteiger partial charge >= 0.3 is 5.97 Å². The predicted molar refractivity (Wildman–Crippen MR) is 93.4 cm³/mol. The molecule has 0 aliphatic carbocycles. The van der Waals surface area contributed by atoms with Crippen LogP contribution in [0.25, 0.3) is 22.3 Å². The first-order valence-corrected chi connectivity index (χ1v) is 8.65. The summed E-state index contributed by atoms with van der Waals surface area (Å²) in [7, 11) is 0. The van der Waals surface area contributed by atoms with Crippen molar-refractivity contribution < 1.29 is 18.3 Å². The summed E-state index contributed by atoms with van der Waals surface area (Å²) >= 11 is 0. The molecule has 0 radical (unpaired) electrons. The number of pyridine rings is 2. The van der Waals surface area contributed by atoms with Gasteiger partial charge in [0.05, 0.1) is 29.0 Å². The molecule has 5 nitrogen and oxygen atoms in total. The Morgan fingerprint density at radius 1 is 1.26 bits per heavy atom. The van der Waals surface area contributed by atoms with Gasteiger partial charge in [0.1, 0.15) is 12.4 Å². The Kier molecular flexibility index (Phi) is 3.11. The van der Waals surface area contributed by atoms with Crippen LogP contribution in [0.3, 0.4) is 0 Å². The van der Waals surface area contributed by atoms with Crippen LogP contribution in [0, 0.1) is 5.82 Å². The van der Waals surface area contributed by atoms with Gasteiger partial charge in [-0.3, -0.25) is 4.79 Å². The van der Waals surface area contributed by atoms with Crippen LogP contribution in [0.2, 0.25) is 0 Å². The second-order valence-electron chi connectivity index (χ2n) is 6.88. The number of hydrogen-bond donors (Lipinski definition) is 0. The number of rotatable bonds is 1. The van der Waals surface area contributed by atoms with Crippen molar-refractivity contribution in [2.75, 3.05) is 0 Å². The van der Waals surface area contributed by atoms with E-state index in [1.165, 1.54) is 29.7 Å². The summed E-state index contributed by atoms with van der Waals surface area (Å²) in [6.07, 6.45) is -0.126. The summed E-state index contributed by atoms with van der Waals surface area (Å²) in [6, 6.07) is 7.59. The minimum Gasteiger partial charge on any atom is -0.458 e. The van der Waals surface area contributed by atoms with Gasteiger partial charge in [-0.05, 0) is 36.8 Å². The molecule has 0 saturated heterocycles. The van der Waals surface area contributed by atoms with E-state index in [0.717, 1.165) is 5.56 Å². The lowest BCUT2D eigenvalue weighted by atomic mass is 9.87. The maximum Gasteiger partial charge on any atom is 0.348 e. The van der Waals surface area contributed by atoms with E-state index < -0.39 is 17.2 Å². The van der Waals surface area contributed by atoms with Crippen LogP contribution in [-0.4, -0.2) is 15.5 Å². The highest BCUT2D eigenvalue weighted by Crippen LogP contribution is 2.40. The molecular weight excluding hydrogens is 354 g/mol. The fraction of sp³-hybridized carbons (Fsp3) is 0.250. The number of cyclic esters (lactones) is 1. The van der Waals surface area contributed by atoms with E-state index in [-0.39, 0.29) is 36.5 Å². The van der Waals surface area contributed by atoms with E-state index in [1.54, 1.807) is 12.1 Å². The molecule has 3 aromatic rings. The van der Waals surface area contributed by atoms with Gasteiger partial charge < -0.3 is 9.30 Å². The molecule has 5 rings (SSSR count). The van der Waals surface area contributed by atoms with E-state index in [2.05, 4.69) is 4.98 Å². The van der Waals surface area contributed by atoms with Crippen molar-refractivity contribution >= 4 is 16.9 Å². The van der Waals surface area contributed by atoms with Crippen molar-refractivity contribution in [1.82, 2.24) is 9.55 Å². The number of aromatic nitrogens is 2. The van der Waals surface area contributed by atoms with Gasteiger partial charge in [-0.2, -0.15) is 0 Å². The number of nitrogens with zero attached hydrogens (tertiary/aromatic N) is 2.